The van der Waals surface area contributed by atoms with Gasteiger partial charge in [-0.2, -0.15) is 9.57 Å². The van der Waals surface area contributed by atoms with Crippen molar-refractivity contribution in [2.45, 2.75) is 30.3 Å². The van der Waals surface area contributed by atoms with Crippen molar-refractivity contribution >= 4 is 26.8 Å². The molecule has 29 heavy (non-hydrogen) atoms. The van der Waals surface area contributed by atoms with Gasteiger partial charge in [-0.05, 0) is 31.0 Å². The van der Waals surface area contributed by atoms with Gasteiger partial charge in [0.25, 0.3) is 5.91 Å². The van der Waals surface area contributed by atoms with Gasteiger partial charge in [-0.15, -0.1) is 0 Å². The number of aromatic nitrogens is 1. The number of nitriles is 1. The van der Waals surface area contributed by atoms with Crippen LogP contribution in [0.1, 0.15) is 29.6 Å². The Labute approximate surface area is 168 Å². The first-order valence-corrected chi connectivity index (χ1v) is 10.7. The van der Waals surface area contributed by atoms with Crippen LogP contribution in [0.25, 0.3) is 10.9 Å². The number of rotatable bonds is 7. The quantitative estimate of drug-likeness (QED) is 0.689. The SMILES string of the molecule is CN(CCC#N)S(=O)(=O)c1ccc2[nH]cc(C(=O)NC[C@H]3CCCO3)c(=O)c2c1. The molecular weight excluding hydrogens is 396 g/mol. The summed E-state index contributed by atoms with van der Waals surface area (Å²) in [5.74, 6) is -0.539. The average molecular weight is 418 g/mol. The molecule has 154 valence electrons. The van der Waals surface area contributed by atoms with E-state index in [1.807, 2.05) is 6.07 Å². The van der Waals surface area contributed by atoms with E-state index in [4.69, 9.17) is 10.00 Å². The molecule has 0 unspecified atom stereocenters. The molecule has 1 aliphatic rings. The zero-order valence-corrected chi connectivity index (χ0v) is 16.8. The zero-order chi connectivity index (χ0) is 21.0. The van der Waals surface area contributed by atoms with Gasteiger partial charge in [0.05, 0.1) is 17.1 Å². The summed E-state index contributed by atoms with van der Waals surface area (Å²) in [4.78, 5) is 28.0. The number of carbonyl (C=O) groups is 1. The topological polar surface area (TPSA) is 132 Å². The molecule has 1 atom stereocenters. The number of sulfonamides is 1. The molecule has 0 aliphatic carbocycles. The smallest absolute Gasteiger partial charge is 0.256 e. The number of aromatic amines is 1. The fourth-order valence-electron chi connectivity index (χ4n) is 3.14. The van der Waals surface area contributed by atoms with Crippen LogP contribution in [0.5, 0.6) is 0 Å². The second kappa shape index (κ2) is 8.73. The Kier molecular flexibility index (Phi) is 6.32. The van der Waals surface area contributed by atoms with Crippen molar-refractivity contribution in [2.24, 2.45) is 0 Å². The molecule has 1 fully saturated rings. The van der Waals surface area contributed by atoms with E-state index in [2.05, 4.69) is 10.3 Å². The van der Waals surface area contributed by atoms with Gasteiger partial charge in [0.15, 0.2) is 0 Å². The number of amides is 1. The molecule has 1 aromatic heterocycles. The van der Waals surface area contributed by atoms with Crippen LogP contribution in [0, 0.1) is 11.3 Å². The number of nitrogens with zero attached hydrogens (tertiary/aromatic N) is 2. The number of H-pyrrole nitrogens is 1. The van der Waals surface area contributed by atoms with Crippen LogP contribution < -0.4 is 10.7 Å². The van der Waals surface area contributed by atoms with E-state index in [1.54, 1.807) is 0 Å². The lowest BCUT2D eigenvalue weighted by atomic mass is 10.1. The fraction of sp³-hybridized carbons (Fsp3) is 0.421. The molecule has 2 N–H and O–H groups in total. The van der Waals surface area contributed by atoms with Gasteiger partial charge in [0.1, 0.15) is 5.56 Å². The molecule has 0 saturated carbocycles. The van der Waals surface area contributed by atoms with Gasteiger partial charge < -0.3 is 15.0 Å². The molecule has 1 amide bonds. The number of fused-ring (bicyclic) bond motifs is 1. The number of benzene rings is 1. The third-order valence-electron chi connectivity index (χ3n) is 4.86. The van der Waals surface area contributed by atoms with E-state index < -0.39 is 21.4 Å². The highest BCUT2D eigenvalue weighted by atomic mass is 32.2. The molecule has 0 radical (unpaired) electrons. The highest BCUT2D eigenvalue weighted by molar-refractivity contribution is 7.89. The molecule has 0 bridgehead atoms. The number of nitrogens with one attached hydrogen (secondary N) is 2. The number of pyridine rings is 1. The maximum atomic E-state index is 12.8. The van der Waals surface area contributed by atoms with Crippen LogP contribution in [0.4, 0.5) is 0 Å². The van der Waals surface area contributed by atoms with Crippen molar-refractivity contribution in [1.29, 1.82) is 5.26 Å². The normalized spacial score (nSPS) is 16.8. The molecule has 1 aliphatic heterocycles. The zero-order valence-electron chi connectivity index (χ0n) is 16.0. The van der Waals surface area contributed by atoms with Crippen LogP contribution in [0.2, 0.25) is 0 Å². The molecule has 10 heteroatoms. The standard InChI is InChI=1S/C19H22N4O5S/c1-23(8-3-7-20)29(26,27)14-5-6-17-15(10-14)18(24)16(12-21-17)19(25)22-11-13-4-2-9-28-13/h5-6,10,12-13H,2-4,8-9,11H2,1H3,(H,21,24)(H,22,25)/t13-/m1/s1. The molecule has 3 rings (SSSR count). The van der Waals surface area contributed by atoms with Crippen LogP contribution in [0.15, 0.2) is 34.1 Å². The number of ether oxygens (including phenoxy) is 1. The Balaban J connectivity index is 1.89. The van der Waals surface area contributed by atoms with Crippen molar-refractivity contribution in [2.75, 3.05) is 26.7 Å². The average Bonchev–Trinajstić information content (AvgIpc) is 3.24. The summed E-state index contributed by atoms with van der Waals surface area (Å²) in [5, 5.41) is 11.5. The first kappa shape index (κ1) is 21.0. The summed E-state index contributed by atoms with van der Waals surface area (Å²) in [6.07, 6.45) is 3.12. The largest absolute Gasteiger partial charge is 0.376 e. The molecule has 2 aromatic rings. The van der Waals surface area contributed by atoms with Gasteiger partial charge in [-0.1, -0.05) is 0 Å². The first-order valence-electron chi connectivity index (χ1n) is 9.23. The highest BCUT2D eigenvalue weighted by Gasteiger charge is 2.23. The van der Waals surface area contributed by atoms with Crippen molar-refractivity contribution in [3.05, 3.63) is 40.2 Å². The van der Waals surface area contributed by atoms with E-state index in [-0.39, 0.29) is 34.9 Å². The first-order chi connectivity index (χ1) is 13.8. The highest BCUT2D eigenvalue weighted by Crippen LogP contribution is 2.19. The third kappa shape index (κ3) is 4.48. The molecular formula is C19H22N4O5S. The van der Waals surface area contributed by atoms with Crippen LogP contribution in [0.3, 0.4) is 0 Å². The second-order valence-corrected chi connectivity index (χ2v) is 8.86. The van der Waals surface area contributed by atoms with Gasteiger partial charge in [0.2, 0.25) is 15.5 Å². The van der Waals surface area contributed by atoms with Crippen LogP contribution in [-0.2, 0) is 14.8 Å². The minimum atomic E-state index is -3.86. The second-order valence-electron chi connectivity index (χ2n) is 6.82. The Morgan fingerprint density at radius 3 is 2.93 bits per heavy atom. The van der Waals surface area contributed by atoms with Gasteiger partial charge in [-0.3, -0.25) is 9.59 Å². The van der Waals surface area contributed by atoms with Crippen LogP contribution >= 0.6 is 0 Å². The van der Waals surface area contributed by atoms with Crippen molar-refractivity contribution in [3.8, 4) is 6.07 Å². The van der Waals surface area contributed by atoms with Gasteiger partial charge in [0, 0.05) is 50.3 Å². The molecule has 0 spiro atoms. The number of carbonyl (C=O) groups excluding carboxylic acids is 1. The lowest BCUT2D eigenvalue weighted by molar-refractivity contribution is 0.0857. The molecule has 1 aromatic carbocycles. The Morgan fingerprint density at radius 1 is 1.45 bits per heavy atom. The van der Waals surface area contributed by atoms with Crippen molar-refractivity contribution in [3.63, 3.8) is 0 Å². The Bertz CT molecular complexity index is 1110. The summed E-state index contributed by atoms with van der Waals surface area (Å²) >= 11 is 0. The van der Waals surface area contributed by atoms with E-state index in [9.17, 15) is 18.0 Å². The summed E-state index contributed by atoms with van der Waals surface area (Å²) in [6.45, 7) is 1.02. The van der Waals surface area contributed by atoms with E-state index in [0.717, 1.165) is 17.1 Å². The van der Waals surface area contributed by atoms with Crippen LogP contribution in [-0.4, -0.2) is 56.5 Å². The monoisotopic (exact) mass is 418 g/mol. The minimum absolute atomic E-state index is 0.0406. The number of hydrogen-bond donors (Lipinski definition) is 2. The fourth-order valence-corrected chi connectivity index (χ4v) is 4.34. The van der Waals surface area contributed by atoms with E-state index in [0.29, 0.717) is 18.7 Å². The molecule has 1 saturated heterocycles. The lowest BCUT2D eigenvalue weighted by Gasteiger charge is -2.16. The minimum Gasteiger partial charge on any atom is -0.376 e. The third-order valence-corrected chi connectivity index (χ3v) is 6.71. The maximum Gasteiger partial charge on any atom is 0.256 e. The summed E-state index contributed by atoms with van der Waals surface area (Å²) in [7, 11) is -2.49. The van der Waals surface area contributed by atoms with E-state index in [1.165, 1.54) is 31.4 Å². The summed E-state index contributed by atoms with van der Waals surface area (Å²) in [5.41, 5.74) is -0.229. The lowest BCUT2D eigenvalue weighted by Crippen LogP contribution is -2.34. The van der Waals surface area contributed by atoms with E-state index >= 15 is 0 Å². The molecule has 2 heterocycles. The van der Waals surface area contributed by atoms with Gasteiger partial charge >= 0.3 is 0 Å². The summed E-state index contributed by atoms with van der Waals surface area (Å²) < 4.78 is 31.9. The summed E-state index contributed by atoms with van der Waals surface area (Å²) in [6, 6.07) is 6.02. The van der Waals surface area contributed by atoms with Crippen molar-refractivity contribution < 1.29 is 17.9 Å². The predicted molar refractivity (Wildman–Crippen MR) is 106 cm³/mol. The van der Waals surface area contributed by atoms with Gasteiger partial charge in [-0.25, -0.2) is 8.42 Å². The maximum absolute atomic E-state index is 12.8. The van der Waals surface area contributed by atoms with Crippen molar-refractivity contribution in [1.82, 2.24) is 14.6 Å². The Morgan fingerprint density at radius 2 is 2.24 bits per heavy atom. The molecule has 9 nitrogen and oxygen atoms in total. The number of hydrogen-bond acceptors (Lipinski definition) is 6. The predicted octanol–water partition coefficient (Wildman–Crippen LogP) is 0.971. The Hall–Kier alpha value is -2.74.